The molecule has 0 aliphatic heterocycles. The number of aryl methyl sites for hydroxylation is 2. The molecule has 0 unspecified atom stereocenters. The van der Waals surface area contributed by atoms with Gasteiger partial charge in [0.25, 0.3) is 0 Å². The third-order valence-corrected chi connectivity index (χ3v) is 4.23. The molecule has 0 amide bonds. The molecule has 2 aromatic rings. The summed E-state index contributed by atoms with van der Waals surface area (Å²) < 4.78 is 1.13. The van der Waals surface area contributed by atoms with Crippen LogP contribution in [0.3, 0.4) is 0 Å². The van der Waals surface area contributed by atoms with Gasteiger partial charge in [-0.1, -0.05) is 12.1 Å². The maximum atomic E-state index is 6.02. The molecule has 0 saturated heterocycles. The predicted molar refractivity (Wildman–Crippen MR) is 71.3 cm³/mol. The molecule has 0 radical (unpaired) electrons. The summed E-state index contributed by atoms with van der Waals surface area (Å²) in [6.07, 6.45) is 0. The van der Waals surface area contributed by atoms with Crippen LogP contribution >= 0.6 is 27.3 Å². The Labute approximate surface area is 102 Å². The molecule has 2 rings (SSSR count). The van der Waals surface area contributed by atoms with Crippen LogP contribution in [0.15, 0.2) is 28.7 Å². The molecule has 1 nitrogen and oxygen atoms in total. The highest BCUT2D eigenvalue weighted by atomic mass is 79.9. The van der Waals surface area contributed by atoms with Gasteiger partial charge in [0.1, 0.15) is 0 Å². The van der Waals surface area contributed by atoms with E-state index in [0.717, 1.165) is 15.7 Å². The number of thiophene rings is 1. The van der Waals surface area contributed by atoms with E-state index in [9.17, 15) is 0 Å². The van der Waals surface area contributed by atoms with Gasteiger partial charge in [0.15, 0.2) is 0 Å². The molecule has 0 fully saturated rings. The van der Waals surface area contributed by atoms with E-state index in [0.29, 0.717) is 0 Å². The average molecular weight is 282 g/mol. The second-order valence-corrected chi connectivity index (χ2v) is 5.74. The summed E-state index contributed by atoms with van der Waals surface area (Å²) in [7, 11) is 0. The Kier molecular flexibility index (Phi) is 2.85. The standard InChI is InChI=1S/C12H12BrNS/c1-7-3-4-9(11(14)5-7)12-10(13)6-8(2)15-12/h3-6H,14H2,1-2H3. The molecule has 0 bridgehead atoms. The van der Waals surface area contributed by atoms with Crippen molar-refractivity contribution in [2.75, 3.05) is 5.73 Å². The molecule has 2 N–H and O–H groups in total. The fourth-order valence-electron chi connectivity index (χ4n) is 1.56. The SMILES string of the molecule is Cc1ccc(-c2sc(C)cc2Br)c(N)c1. The number of hydrogen-bond acceptors (Lipinski definition) is 2. The molecule has 1 aromatic heterocycles. The van der Waals surface area contributed by atoms with Crippen molar-refractivity contribution in [2.45, 2.75) is 13.8 Å². The first-order chi connectivity index (χ1) is 7.08. The van der Waals surface area contributed by atoms with E-state index < -0.39 is 0 Å². The third kappa shape index (κ3) is 2.08. The summed E-state index contributed by atoms with van der Waals surface area (Å²) in [4.78, 5) is 2.50. The topological polar surface area (TPSA) is 26.0 Å². The molecule has 78 valence electrons. The van der Waals surface area contributed by atoms with Gasteiger partial charge in [0.05, 0.1) is 4.88 Å². The largest absolute Gasteiger partial charge is 0.398 e. The fraction of sp³-hybridized carbons (Fsp3) is 0.167. The van der Waals surface area contributed by atoms with E-state index in [-0.39, 0.29) is 0 Å². The average Bonchev–Trinajstić information content (AvgIpc) is 2.45. The van der Waals surface area contributed by atoms with Gasteiger partial charge in [-0.2, -0.15) is 0 Å². The number of halogens is 1. The van der Waals surface area contributed by atoms with Crippen LogP contribution in [0.4, 0.5) is 5.69 Å². The summed E-state index contributed by atoms with van der Waals surface area (Å²) >= 11 is 5.32. The summed E-state index contributed by atoms with van der Waals surface area (Å²) in [5.41, 5.74) is 9.17. The molecule has 1 aromatic carbocycles. The van der Waals surface area contributed by atoms with E-state index in [1.807, 2.05) is 6.07 Å². The van der Waals surface area contributed by atoms with Gasteiger partial charge in [-0.05, 0) is 47.5 Å². The maximum absolute atomic E-state index is 6.02. The van der Waals surface area contributed by atoms with E-state index in [1.54, 1.807) is 11.3 Å². The normalized spacial score (nSPS) is 10.6. The van der Waals surface area contributed by atoms with Crippen LogP contribution in [0.1, 0.15) is 10.4 Å². The number of rotatable bonds is 1. The summed E-state index contributed by atoms with van der Waals surface area (Å²) in [5, 5.41) is 0. The minimum Gasteiger partial charge on any atom is -0.398 e. The van der Waals surface area contributed by atoms with Crippen LogP contribution in [0.25, 0.3) is 10.4 Å². The van der Waals surface area contributed by atoms with Gasteiger partial charge < -0.3 is 5.73 Å². The van der Waals surface area contributed by atoms with Gasteiger partial charge in [-0.25, -0.2) is 0 Å². The zero-order valence-corrected chi connectivity index (χ0v) is 11.1. The van der Waals surface area contributed by atoms with E-state index in [2.05, 4.69) is 48.0 Å². The third-order valence-electron chi connectivity index (χ3n) is 2.26. The van der Waals surface area contributed by atoms with Crippen molar-refractivity contribution in [2.24, 2.45) is 0 Å². The number of nitrogens with two attached hydrogens (primary N) is 1. The summed E-state index contributed by atoms with van der Waals surface area (Å²) in [6.45, 7) is 4.15. The number of benzene rings is 1. The molecule has 0 aliphatic rings. The van der Waals surface area contributed by atoms with Crippen molar-refractivity contribution in [3.05, 3.63) is 39.2 Å². The smallest absolute Gasteiger partial charge is 0.0508 e. The highest BCUT2D eigenvalue weighted by Crippen LogP contribution is 2.39. The first-order valence-electron chi connectivity index (χ1n) is 4.70. The maximum Gasteiger partial charge on any atom is 0.0508 e. The molecule has 0 aliphatic carbocycles. The lowest BCUT2D eigenvalue weighted by Crippen LogP contribution is -1.89. The van der Waals surface area contributed by atoms with Crippen molar-refractivity contribution in [1.29, 1.82) is 0 Å². The van der Waals surface area contributed by atoms with Crippen molar-refractivity contribution in [3.63, 3.8) is 0 Å². The zero-order valence-electron chi connectivity index (χ0n) is 8.67. The summed E-state index contributed by atoms with van der Waals surface area (Å²) in [5.74, 6) is 0. The molecular formula is C12H12BrNS. The van der Waals surface area contributed by atoms with E-state index >= 15 is 0 Å². The van der Waals surface area contributed by atoms with Gasteiger partial charge in [-0.15, -0.1) is 11.3 Å². The van der Waals surface area contributed by atoms with Crippen LogP contribution in [0.2, 0.25) is 0 Å². The van der Waals surface area contributed by atoms with Crippen molar-refractivity contribution >= 4 is 33.0 Å². The highest BCUT2D eigenvalue weighted by Gasteiger charge is 2.09. The Morgan fingerprint density at radius 1 is 1.20 bits per heavy atom. The highest BCUT2D eigenvalue weighted by molar-refractivity contribution is 9.10. The predicted octanol–water partition coefficient (Wildman–Crippen LogP) is 4.38. The zero-order chi connectivity index (χ0) is 11.0. The Bertz CT molecular complexity index is 502. The Morgan fingerprint density at radius 3 is 2.47 bits per heavy atom. The molecule has 1 heterocycles. The molecule has 0 spiro atoms. The van der Waals surface area contributed by atoms with Gasteiger partial charge in [0, 0.05) is 20.6 Å². The van der Waals surface area contributed by atoms with Crippen LogP contribution in [-0.2, 0) is 0 Å². The second kappa shape index (κ2) is 3.99. The first kappa shape index (κ1) is 10.7. The van der Waals surface area contributed by atoms with Gasteiger partial charge >= 0.3 is 0 Å². The van der Waals surface area contributed by atoms with Crippen LogP contribution < -0.4 is 5.73 Å². The second-order valence-electron chi connectivity index (χ2n) is 3.62. The van der Waals surface area contributed by atoms with E-state index in [1.165, 1.54) is 15.3 Å². The number of hydrogen-bond donors (Lipinski definition) is 1. The number of nitrogen functional groups attached to an aromatic ring is 1. The molecule has 15 heavy (non-hydrogen) atoms. The summed E-state index contributed by atoms with van der Waals surface area (Å²) in [6, 6.07) is 8.31. The minimum atomic E-state index is 0.845. The molecule has 0 saturated carbocycles. The molecule has 0 atom stereocenters. The van der Waals surface area contributed by atoms with Crippen molar-refractivity contribution < 1.29 is 0 Å². The van der Waals surface area contributed by atoms with Gasteiger partial charge in [-0.3, -0.25) is 0 Å². The number of anilines is 1. The first-order valence-corrected chi connectivity index (χ1v) is 6.31. The van der Waals surface area contributed by atoms with Crippen LogP contribution in [0, 0.1) is 13.8 Å². The Morgan fingerprint density at radius 2 is 1.93 bits per heavy atom. The van der Waals surface area contributed by atoms with Crippen molar-refractivity contribution in [1.82, 2.24) is 0 Å². The minimum absolute atomic E-state index is 0.845. The monoisotopic (exact) mass is 281 g/mol. The van der Waals surface area contributed by atoms with Crippen molar-refractivity contribution in [3.8, 4) is 10.4 Å². The quantitative estimate of drug-likeness (QED) is 0.772. The van der Waals surface area contributed by atoms with Crippen LogP contribution in [0.5, 0.6) is 0 Å². The Hall–Kier alpha value is -0.800. The lowest BCUT2D eigenvalue weighted by molar-refractivity contribution is 1.47. The lowest BCUT2D eigenvalue weighted by Gasteiger charge is -2.04. The Balaban J connectivity index is 2.59. The van der Waals surface area contributed by atoms with Crippen LogP contribution in [-0.4, -0.2) is 0 Å². The fourth-order valence-corrected chi connectivity index (χ4v) is 3.46. The molecule has 3 heteroatoms. The van der Waals surface area contributed by atoms with Gasteiger partial charge in [0.2, 0.25) is 0 Å². The lowest BCUT2D eigenvalue weighted by atomic mass is 10.1. The molecular weight excluding hydrogens is 270 g/mol. The van der Waals surface area contributed by atoms with E-state index in [4.69, 9.17) is 5.73 Å².